The minimum absolute atomic E-state index is 0.0751. The molecule has 1 aromatic heterocycles. The van der Waals surface area contributed by atoms with E-state index in [0.29, 0.717) is 23.5 Å². The van der Waals surface area contributed by atoms with E-state index in [0.717, 1.165) is 24.8 Å². The number of unbranched alkanes of at least 4 members (excludes halogenated alkanes) is 2. The average molecular weight is 489 g/mol. The summed E-state index contributed by atoms with van der Waals surface area (Å²) < 4.78 is 20.1. The topological polar surface area (TPSA) is 79.7 Å². The summed E-state index contributed by atoms with van der Waals surface area (Å²) in [5.41, 5.74) is 1.90. The molecule has 2 heterocycles. The van der Waals surface area contributed by atoms with Crippen molar-refractivity contribution in [3.63, 3.8) is 0 Å². The van der Waals surface area contributed by atoms with E-state index in [4.69, 9.17) is 4.74 Å². The van der Waals surface area contributed by atoms with Crippen LogP contribution in [0.2, 0.25) is 0 Å². The molecule has 7 heteroatoms. The molecule has 1 aliphatic rings. The van der Waals surface area contributed by atoms with Gasteiger partial charge in [0.15, 0.2) is 0 Å². The van der Waals surface area contributed by atoms with E-state index in [1.807, 2.05) is 0 Å². The van der Waals surface area contributed by atoms with Gasteiger partial charge in [-0.05, 0) is 60.4 Å². The van der Waals surface area contributed by atoms with Crippen molar-refractivity contribution >= 4 is 17.4 Å². The molecule has 0 saturated carbocycles. The Kier molecular flexibility index (Phi) is 7.78. The fourth-order valence-electron chi connectivity index (χ4n) is 4.26. The number of hydrogen-bond donors (Lipinski definition) is 1. The second-order valence-corrected chi connectivity index (χ2v) is 8.87. The molecule has 3 aromatic rings. The SMILES string of the molecule is CCCCCOc1ccc([C@H]2C(=C(O)c3ccc(C)c(F)c3)C(=O)C(=O)N2Cc2ccncc2)cc1. The number of likely N-dealkylation sites (tertiary alicyclic amines) is 1. The Labute approximate surface area is 210 Å². The first-order chi connectivity index (χ1) is 17.4. The summed E-state index contributed by atoms with van der Waals surface area (Å²) in [5, 5.41) is 11.1. The van der Waals surface area contributed by atoms with Crippen LogP contribution < -0.4 is 4.74 Å². The van der Waals surface area contributed by atoms with Crippen LogP contribution in [0.4, 0.5) is 4.39 Å². The number of aryl methyl sites for hydroxylation is 1. The number of aromatic nitrogens is 1. The van der Waals surface area contributed by atoms with Gasteiger partial charge in [0.1, 0.15) is 17.3 Å². The number of aliphatic hydroxyl groups is 1. The number of carbonyl (C=O) groups excluding carboxylic acids is 2. The highest BCUT2D eigenvalue weighted by Gasteiger charge is 2.46. The van der Waals surface area contributed by atoms with Crippen LogP contribution in [0.25, 0.3) is 5.76 Å². The second kappa shape index (κ2) is 11.2. The molecule has 0 unspecified atom stereocenters. The summed E-state index contributed by atoms with van der Waals surface area (Å²) in [6.45, 7) is 4.49. The lowest BCUT2D eigenvalue weighted by Gasteiger charge is -2.25. The molecule has 1 fully saturated rings. The van der Waals surface area contributed by atoms with Crippen molar-refractivity contribution in [2.24, 2.45) is 0 Å². The third kappa shape index (κ3) is 5.30. The van der Waals surface area contributed by atoms with Gasteiger partial charge in [-0.2, -0.15) is 0 Å². The number of nitrogens with zero attached hydrogens (tertiary/aromatic N) is 2. The quantitative estimate of drug-likeness (QED) is 0.180. The molecular formula is C29H29FN2O4. The normalized spacial score (nSPS) is 17.0. The molecular weight excluding hydrogens is 459 g/mol. The van der Waals surface area contributed by atoms with Gasteiger partial charge in [0.25, 0.3) is 11.7 Å². The summed E-state index contributed by atoms with van der Waals surface area (Å²) in [6, 6.07) is 14.1. The third-order valence-electron chi connectivity index (χ3n) is 6.30. The van der Waals surface area contributed by atoms with Crippen LogP contribution in [-0.4, -0.2) is 33.3 Å². The van der Waals surface area contributed by atoms with Gasteiger partial charge >= 0.3 is 0 Å². The van der Waals surface area contributed by atoms with Crippen molar-refractivity contribution in [2.75, 3.05) is 6.61 Å². The molecule has 1 saturated heterocycles. The molecule has 0 aliphatic carbocycles. The molecule has 1 aliphatic heterocycles. The number of benzene rings is 2. The number of amides is 1. The molecule has 1 amide bonds. The highest BCUT2D eigenvalue weighted by Crippen LogP contribution is 2.40. The van der Waals surface area contributed by atoms with Gasteiger partial charge in [0.2, 0.25) is 0 Å². The average Bonchev–Trinajstić information content (AvgIpc) is 3.13. The zero-order valence-electron chi connectivity index (χ0n) is 20.4. The fraction of sp³-hybridized carbons (Fsp3) is 0.276. The Balaban J connectivity index is 1.74. The summed E-state index contributed by atoms with van der Waals surface area (Å²) >= 11 is 0. The first-order valence-corrected chi connectivity index (χ1v) is 12.1. The standard InChI is InChI=1S/C29H29FN2O4/c1-3-4-5-16-36-23-10-8-21(9-11-23)26-25(27(33)22-7-6-19(2)24(30)17-22)28(34)29(35)32(26)18-20-12-14-31-15-13-20/h6-15,17,26,33H,3-5,16,18H2,1-2H3/t26-/m0/s1. The lowest BCUT2D eigenvalue weighted by atomic mass is 9.94. The van der Waals surface area contributed by atoms with E-state index in [-0.39, 0.29) is 17.7 Å². The van der Waals surface area contributed by atoms with Crippen LogP contribution in [0.1, 0.15) is 54.5 Å². The largest absolute Gasteiger partial charge is 0.507 e. The number of carbonyl (C=O) groups is 2. The van der Waals surface area contributed by atoms with Crippen LogP contribution in [0.3, 0.4) is 0 Å². The number of ketones is 1. The Hall–Kier alpha value is -4.00. The maximum atomic E-state index is 14.3. The first-order valence-electron chi connectivity index (χ1n) is 12.1. The van der Waals surface area contributed by atoms with Gasteiger partial charge in [-0.25, -0.2) is 4.39 Å². The van der Waals surface area contributed by atoms with Gasteiger partial charge in [0, 0.05) is 24.5 Å². The highest BCUT2D eigenvalue weighted by atomic mass is 19.1. The summed E-state index contributed by atoms with van der Waals surface area (Å²) in [5.74, 6) is -1.78. The maximum absolute atomic E-state index is 14.3. The van der Waals surface area contributed by atoms with Crippen LogP contribution in [0.5, 0.6) is 5.75 Å². The lowest BCUT2D eigenvalue weighted by molar-refractivity contribution is -0.140. The smallest absolute Gasteiger partial charge is 0.295 e. The first kappa shape index (κ1) is 25.1. The van der Waals surface area contributed by atoms with E-state index < -0.39 is 29.3 Å². The van der Waals surface area contributed by atoms with E-state index in [1.165, 1.54) is 23.1 Å². The number of ether oxygens (including phenoxy) is 1. The summed E-state index contributed by atoms with van der Waals surface area (Å²) in [6.07, 6.45) is 6.36. The summed E-state index contributed by atoms with van der Waals surface area (Å²) in [4.78, 5) is 31.8. The van der Waals surface area contributed by atoms with Crippen molar-refractivity contribution in [3.05, 3.63) is 101 Å². The number of pyridine rings is 1. The molecule has 4 rings (SSSR count). The van der Waals surface area contributed by atoms with Crippen LogP contribution in [-0.2, 0) is 16.1 Å². The second-order valence-electron chi connectivity index (χ2n) is 8.87. The maximum Gasteiger partial charge on any atom is 0.295 e. The minimum Gasteiger partial charge on any atom is -0.507 e. The Bertz CT molecular complexity index is 1270. The molecule has 186 valence electrons. The van der Waals surface area contributed by atoms with Crippen molar-refractivity contribution in [1.29, 1.82) is 0 Å². The minimum atomic E-state index is -0.850. The molecule has 0 radical (unpaired) electrons. The van der Waals surface area contributed by atoms with Gasteiger partial charge in [-0.3, -0.25) is 14.6 Å². The van der Waals surface area contributed by atoms with Gasteiger partial charge in [-0.1, -0.05) is 44.0 Å². The number of halogens is 1. The van der Waals surface area contributed by atoms with Gasteiger partial charge in [0.05, 0.1) is 18.2 Å². The molecule has 1 atom stereocenters. The number of Topliss-reactive ketones (excluding diaryl/α,β-unsaturated/α-hetero) is 1. The van der Waals surface area contributed by atoms with Crippen LogP contribution in [0.15, 0.2) is 72.6 Å². The fourth-order valence-corrected chi connectivity index (χ4v) is 4.26. The van der Waals surface area contributed by atoms with Crippen molar-refractivity contribution < 1.29 is 23.8 Å². The van der Waals surface area contributed by atoms with Crippen molar-refractivity contribution in [3.8, 4) is 5.75 Å². The van der Waals surface area contributed by atoms with Crippen LogP contribution in [0, 0.1) is 12.7 Å². The predicted molar refractivity (Wildman–Crippen MR) is 135 cm³/mol. The van der Waals surface area contributed by atoms with Gasteiger partial charge < -0.3 is 14.7 Å². The molecule has 1 N–H and O–H groups in total. The Morgan fingerprint density at radius 1 is 1.06 bits per heavy atom. The third-order valence-corrected chi connectivity index (χ3v) is 6.30. The van der Waals surface area contributed by atoms with Crippen LogP contribution >= 0.6 is 0 Å². The van der Waals surface area contributed by atoms with Crippen molar-refractivity contribution in [1.82, 2.24) is 9.88 Å². The zero-order chi connectivity index (χ0) is 25.7. The number of aliphatic hydroxyl groups excluding tert-OH is 1. The van der Waals surface area contributed by atoms with Crippen molar-refractivity contribution in [2.45, 2.75) is 45.7 Å². The Morgan fingerprint density at radius 2 is 1.78 bits per heavy atom. The summed E-state index contributed by atoms with van der Waals surface area (Å²) in [7, 11) is 0. The molecule has 0 spiro atoms. The van der Waals surface area contributed by atoms with E-state index in [2.05, 4.69) is 11.9 Å². The molecule has 0 bridgehead atoms. The Morgan fingerprint density at radius 3 is 2.44 bits per heavy atom. The van der Waals surface area contributed by atoms with E-state index >= 15 is 0 Å². The number of rotatable bonds is 9. The van der Waals surface area contributed by atoms with E-state index in [9.17, 15) is 19.1 Å². The molecule has 6 nitrogen and oxygen atoms in total. The monoisotopic (exact) mass is 488 g/mol. The molecule has 2 aromatic carbocycles. The van der Waals surface area contributed by atoms with Gasteiger partial charge in [-0.15, -0.1) is 0 Å². The highest BCUT2D eigenvalue weighted by molar-refractivity contribution is 6.46. The lowest BCUT2D eigenvalue weighted by Crippen LogP contribution is -2.29. The number of hydrogen-bond acceptors (Lipinski definition) is 5. The van der Waals surface area contributed by atoms with E-state index in [1.54, 1.807) is 55.7 Å². The zero-order valence-corrected chi connectivity index (χ0v) is 20.4. The molecule has 36 heavy (non-hydrogen) atoms. The predicted octanol–water partition coefficient (Wildman–Crippen LogP) is 5.72.